The van der Waals surface area contributed by atoms with Gasteiger partial charge in [-0.3, -0.25) is 9.69 Å². The van der Waals surface area contributed by atoms with Crippen LogP contribution in [-0.2, 0) is 24.4 Å². The molecule has 0 bridgehead atoms. The molecule has 0 saturated carbocycles. The van der Waals surface area contributed by atoms with Gasteiger partial charge in [0.15, 0.2) is 0 Å². The first kappa shape index (κ1) is 20.4. The van der Waals surface area contributed by atoms with Crippen LogP contribution in [0.1, 0.15) is 35.4 Å². The SMILES string of the molecule is Cc1nccn1Cc1ccc(CNC(=O)C2CCCN(Cc3ccccc3)C2)cc1. The number of nitrogens with one attached hydrogen (secondary N) is 1. The van der Waals surface area contributed by atoms with Gasteiger partial charge in [-0.25, -0.2) is 4.98 Å². The molecule has 156 valence electrons. The molecule has 0 radical (unpaired) electrons. The lowest BCUT2D eigenvalue weighted by Gasteiger charge is -2.32. The van der Waals surface area contributed by atoms with Crippen molar-refractivity contribution in [1.29, 1.82) is 0 Å². The third-order valence-corrected chi connectivity index (χ3v) is 5.89. The Bertz CT molecular complexity index is 949. The molecule has 1 aromatic heterocycles. The molecule has 1 aliphatic rings. The number of hydrogen-bond donors (Lipinski definition) is 1. The Morgan fingerprint density at radius 2 is 1.77 bits per heavy atom. The number of amides is 1. The maximum Gasteiger partial charge on any atom is 0.224 e. The Hall–Kier alpha value is -2.92. The fraction of sp³-hybridized carbons (Fsp3) is 0.360. The average molecular weight is 403 g/mol. The molecule has 0 aliphatic carbocycles. The van der Waals surface area contributed by atoms with E-state index in [0.29, 0.717) is 6.54 Å². The molecule has 0 spiro atoms. The minimum Gasteiger partial charge on any atom is -0.352 e. The molecule has 4 rings (SSSR count). The molecule has 1 atom stereocenters. The molecule has 5 heteroatoms. The zero-order chi connectivity index (χ0) is 20.8. The summed E-state index contributed by atoms with van der Waals surface area (Å²) in [6.45, 7) is 6.23. The highest BCUT2D eigenvalue weighted by Gasteiger charge is 2.25. The van der Waals surface area contributed by atoms with Crippen molar-refractivity contribution in [3.05, 3.63) is 89.5 Å². The van der Waals surface area contributed by atoms with E-state index < -0.39 is 0 Å². The molecule has 1 aliphatic heterocycles. The molecular formula is C25H30N4O. The van der Waals surface area contributed by atoms with Crippen LogP contribution in [-0.4, -0.2) is 33.4 Å². The van der Waals surface area contributed by atoms with Crippen molar-refractivity contribution < 1.29 is 4.79 Å². The van der Waals surface area contributed by atoms with Crippen LogP contribution in [0.25, 0.3) is 0 Å². The molecule has 5 nitrogen and oxygen atoms in total. The molecule has 1 unspecified atom stereocenters. The topological polar surface area (TPSA) is 50.2 Å². The number of aryl methyl sites for hydroxylation is 1. The Kier molecular flexibility index (Phi) is 6.60. The molecular weight excluding hydrogens is 372 g/mol. The van der Waals surface area contributed by atoms with Crippen molar-refractivity contribution in [1.82, 2.24) is 19.8 Å². The highest BCUT2D eigenvalue weighted by molar-refractivity contribution is 5.79. The van der Waals surface area contributed by atoms with E-state index in [4.69, 9.17) is 0 Å². The third kappa shape index (κ3) is 5.36. The lowest BCUT2D eigenvalue weighted by molar-refractivity contribution is -0.126. The second-order valence-electron chi connectivity index (χ2n) is 8.20. The number of hydrogen-bond acceptors (Lipinski definition) is 3. The van der Waals surface area contributed by atoms with Gasteiger partial charge in [0.1, 0.15) is 5.82 Å². The van der Waals surface area contributed by atoms with Crippen LogP contribution >= 0.6 is 0 Å². The number of rotatable bonds is 7. The van der Waals surface area contributed by atoms with Crippen molar-refractivity contribution in [2.45, 2.75) is 39.4 Å². The number of carbonyl (C=O) groups is 1. The predicted molar refractivity (Wildman–Crippen MR) is 119 cm³/mol. The van der Waals surface area contributed by atoms with E-state index in [0.717, 1.165) is 50.4 Å². The smallest absolute Gasteiger partial charge is 0.224 e. The highest BCUT2D eigenvalue weighted by Crippen LogP contribution is 2.19. The number of imidazole rings is 1. The van der Waals surface area contributed by atoms with Crippen LogP contribution in [0.4, 0.5) is 0 Å². The quantitative estimate of drug-likeness (QED) is 0.655. The van der Waals surface area contributed by atoms with E-state index in [2.05, 4.69) is 68.3 Å². The fourth-order valence-corrected chi connectivity index (χ4v) is 4.12. The van der Waals surface area contributed by atoms with Crippen molar-refractivity contribution in [3.8, 4) is 0 Å². The number of nitrogens with zero attached hydrogens (tertiary/aromatic N) is 3. The van der Waals surface area contributed by atoms with Crippen LogP contribution in [0, 0.1) is 12.8 Å². The van der Waals surface area contributed by atoms with Crippen molar-refractivity contribution in [2.24, 2.45) is 5.92 Å². The van der Waals surface area contributed by atoms with E-state index in [1.807, 2.05) is 25.4 Å². The summed E-state index contributed by atoms with van der Waals surface area (Å²) in [5.41, 5.74) is 3.67. The van der Waals surface area contributed by atoms with Gasteiger partial charge in [-0.2, -0.15) is 0 Å². The minimum absolute atomic E-state index is 0.0750. The summed E-state index contributed by atoms with van der Waals surface area (Å²) in [6.07, 6.45) is 5.87. The maximum atomic E-state index is 12.7. The van der Waals surface area contributed by atoms with Crippen LogP contribution < -0.4 is 5.32 Å². The summed E-state index contributed by atoms with van der Waals surface area (Å²) in [5.74, 6) is 1.26. The summed E-state index contributed by atoms with van der Waals surface area (Å²) in [5, 5.41) is 3.15. The minimum atomic E-state index is 0.0750. The lowest BCUT2D eigenvalue weighted by Crippen LogP contribution is -2.42. The summed E-state index contributed by atoms with van der Waals surface area (Å²) in [7, 11) is 0. The molecule has 2 aromatic carbocycles. The number of benzene rings is 2. The summed E-state index contributed by atoms with van der Waals surface area (Å²) >= 11 is 0. The van der Waals surface area contributed by atoms with Gasteiger partial charge in [-0.1, -0.05) is 54.6 Å². The fourth-order valence-electron chi connectivity index (χ4n) is 4.12. The van der Waals surface area contributed by atoms with Crippen LogP contribution in [0.5, 0.6) is 0 Å². The van der Waals surface area contributed by atoms with E-state index in [1.54, 1.807) is 0 Å². The molecule has 30 heavy (non-hydrogen) atoms. The molecule has 1 saturated heterocycles. The predicted octanol–water partition coefficient (Wildman–Crippen LogP) is 3.77. The first-order chi connectivity index (χ1) is 14.7. The largest absolute Gasteiger partial charge is 0.352 e. The summed E-state index contributed by atoms with van der Waals surface area (Å²) in [4.78, 5) is 19.4. The van der Waals surface area contributed by atoms with Crippen LogP contribution in [0.3, 0.4) is 0 Å². The van der Waals surface area contributed by atoms with Gasteiger partial charge in [-0.15, -0.1) is 0 Å². The number of carbonyl (C=O) groups excluding carboxylic acids is 1. The third-order valence-electron chi connectivity index (χ3n) is 5.89. The van der Waals surface area contributed by atoms with Gasteiger partial charge in [0.25, 0.3) is 0 Å². The first-order valence-electron chi connectivity index (χ1n) is 10.8. The van der Waals surface area contributed by atoms with E-state index >= 15 is 0 Å². The van der Waals surface area contributed by atoms with Gasteiger partial charge >= 0.3 is 0 Å². The Morgan fingerprint density at radius 1 is 1.03 bits per heavy atom. The zero-order valence-electron chi connectivity index (χ0n) is 17.6. The molecule has 1 amide bonds. The van der Waals surface area contributed by atoms with E-state index in [9.17, 15) is 4.79 Å². The van der Waals surface area contributed by atoms with Crippen LogP contribution in [0.15, 0.2) is 67.0 Å². The normalized spacial score (nSPS) is 17.0. The maximum absolute atomic E-state index is 12.7. The molecule has 3 aromatic rings. The average Bonchev–Trinajstić information content (AvgIpc) is 3.18. The molecule has 1 fully saturated rings. The van der Waals surface area contributed by atoms with Gasteiger partial charge < -0.3 is 9.88 Å². The second-order valence-corrected chi connectivity index (χ2v) is 8.20. The number of likely N-dealkylation sites (tertiary alicyclic amines) is 1. The van der Waals surface area contributed by atoms with E-state index in [1.165, 1.54) is 11.1 Å². The molecule has 2 heterocycles. The number of aromatic nitrogens is 2. The Labute approximate surface area is 178 Å². The van der Waals surface area contributed by atoms with Gasteiger partial charge in [-0.05, 0) is 43.0 Å². The van der Waals surface area contributed by atoms with Gasteiger partial charge in [0.2, 0.25) is 5.91 Å². The summed E-state index contributed by atoms with van der Waals surface area (Å²) in [6, 6.07) is 19.0. The zero-order valence-corrected chi connectivity index (χ0v) is 17.6. The lowest BCUT2D eigenvalue weighted by atomic mass is 9.96. The van der Waals surface area contributed by atoms with Crippen LogP contribution in [0.2, 0.25) is 0 Å². The first-order valence-corrected chi connectivity index (χ1v) is 10.8. The summed E-state index contributed by atoms with van der Waals surface area (Å²) < 4.78 is 2.13. The second kappa shape index (κ2) is 9.72. The molecule has 1 N–H and O–H groups in total. The highest BCUT2D eigenvalue weighted by atomic mass is 16.1. The Morgan fingerprint density at radius 3 is 2.50 bits per heavy atom. The standard InChI is InChI=1S/C25H30N4O/c1-20-26-13-15-29(20)18-23-11-9-21(10-12-23)16-27-25(30)24-8-5-14-28(19-24)17-22-6-3-2-4-7-22/h2-4,6-7,9-13,15,24H,5,8,14,16-19H2,1H3,(H,27,30). The van der Waals surface area contributed by atoms with Gasteiger partial charge in [0, 0.05) is 38.6 Å². The van der Waals surface area contributed by atoms with Crippen molar-refractivity contribution in [2.75, 3.05) is 13.1 Å². The number of piperidine rings is 1. The van der Waals surface area contributed by atoms with Gasteiger partial charge in [0.05, 0.1) is 5.92 Å². The van der Waals surface area contributed by atoms with Crippen molar-refractivity contribution in [3.63, 3.8) is 0 Å². The van der Waals surface area contributed by atoms with E-state index in [-0.39, 0.29) is 11.8 Å². The monoisotopic (exact) mass is 402 g/mol. The Balaban J connectivity index is 1.26. The van der Waals surface area contributed by atoms with Crippen molar-refractivity contribution >= 4 is 5.91 Å².